The predicted octanol–water partition coefficient (Wildman–Crippen LogP) is 4.50. The molecule has 2 atom stereocenters. The highest BCUT2D eigenvalue weighted by Crippen LogP contribution is 2.32. The lowest BCUT2D eigenvalue weighted by molar-refractivity contribution is -0.136. The highest BCUT2D eigenvalue weighted by molar-refractivity contribution is 6.06. The first kappa shape index (κ1) is 42.2. The Labute approximate surface area is 347 Å². The van der Waals surface area contributed by atoms with Crippen LogP contribution in [-0.2, 0) is 29.1 Å². The Morgan fingerprint density at radius 3 is 2.39 bits per heavy atom. The molecule has 59 heavy (non-hydrogen) atoms. The van der Waals surface area contributed by atoms with E-state index >= 15 is 0 Å². The lowest BCUT2D eigenvalue weighted by atomic mass is 10.00. The van der Waals surface area contributed by atoms with Crippen LogP contribution in [0.3, 0.4) is 0 Å². The minimum absolute atomic E-state index is 0.140. The van der Waals surface area contributed by atoms with Crippen molar-refractivity contribution in [3.8, 4) is 0 Å². The first-order chi connectivity index (χ1) is 28.8. The van der Waals surface area contributed by atoms with Crippen molar-refractivity contribution in [1.29, 1.82) is 0 Å². The lowest BCUT2D eigenvalue weighted by Gasteiger charge is -2.32. The zero-order valence-electron chi connectivity index (χ0n) is 34.3. The normalized spacial score (nSPS) is 19.2. The van der Waals surface area contributed by atoms with E-state index in [1.165, 1.54) is 56.0 Å². The van der Waals surface area contributed by atoms with E-state index in [0.717, 1.165) is 82.6 Å². The Kier molecular flexibility index (Phi) is 14.9. The Bertz CT molecular complexity index is 1920. The number of hydrogen-bond acceptors (Lipinski definition) is 11. The number of anilines is 2. The van der Waals surface area contributed by atoms with E-state index in [0.29, 0.717) is 42.6 Å². The van der Waals surface area contributed by atoms with Crippen LogP contribution in [-0.4, -0.2) is 117 Å². The molecule has 3 aromatic rings. The van der Waals surface area contributed by atoms with Crippen LogP contribution in [0, 0.1) is 0 Å². The quantitative estimate of drug-likeness (QED) is 0.0805. The van der Waals surface area contributed by atoms with Crippen LogP contribution in [0.5, 0.6) is 0 Å². The first-order valence-corrected chi connectivity index (χ1v) is 21.9. The van der Waals surface area contributed by atoms with Crippen molar-refractivity contribution >= 4 is 35.1 Å². The molecule has 4 aliphatic heterocycles. The third-order valence-electron chi connectivity index (χ3n) is 12.3. The number of nitrogens with one attached hydrogen (secondary N) is 4. The molecule has 2 fully saturated rings. The number of unbranched alkanes of at least 4 members (excludes halogenated alkanes) is 7. The number of carbonyl (C=O) groups is 4. The lowest BCUT2D eigenvalue weighted by Crippen LogP contribution is -2.52. The third kappa shape index (κ3) is 11.6. The summed E-state index contributed by atoms with van der Waals surface area (Å²) in [5, 5.41) is 22.9. The largest absolute Gasteiger partial charge is 0.390 e. The topological polar surface area (TPSA) is 172 Å². The number of aliphatic hydroxyl groups excluding tert-OH is 1. The average molecular weight is 808 g/mol. The van der Waals surface area contributed by atoms with Gasteiger partial charge in [-0.05, 0) is 68.3 Å². The maximum absolute atomic E-state index is 13.1. The number of carbonyl (C=O) groups excluding carboxylic acids is 4. The fourth-order valence-corrected chi connectivity index (χ4v) is 8.94. The van der Waals surface area contributed by atoms with E-state index < -0.39 is 12.1 Å². The van der Waals surface area contributed by atoms with Gasteiger partial charge < -0.3 is 30.9 Å². The van der Waals surface area contributed by atoms with Gasteiger partial charge in [0, 0.05) is 87.7 Å². The third-order valence-corrected chi connectivity index (χ3v) is 12.3. The van der Waals surface area contributed by atoms with Crippen molar-refractivity contribution in [2.75, 3.05) is 56.4 Å². The minimum Gasteiger partial charge on any atom is -0.390 e. The van der Waals surface area contributed by atoms with Gasteiger partial charge in [0.15, 0.2) is 0 Å². The fraction of sp³-hybridized carbons (Fsp3) is 0.556. The van der Waals surface area contributed by atoms with Gasteiger partial charge in [-0.15, -0.1) is 0 Å². The molecule has 14 nitrogen and oxygen atoms in total. The molecule has 5 heterocycles. The van der Waals surface area contributed by atoms with Crippen LogP contribution in [0.2, 0.25) is 0 Å². The molecule has 2 saturated heterocycles. The molecule has 4 amide bonds. The number of rotatable bonds is 20. The van der Waals surface area contributed by atoms with E-state index in [2.05, 4.69) is 65.3 Å². The summed E-state index contributed by atoms with van der Waals surface area (Å²) in [5.74, 6) is -0.450. The second-order valence-electron chi connectivity index (χ2n) is 16.7. The van der Waals surface area contributed by atoms with Gasteiger partial charge in [0.2, 0.25) is 11.8 Å². The molecule has 0 bridgehead atoms. The maximum Gasteiger partial charge on any atom is 0.270 e. The number of benzene rings is 2. The number of fused-ring (bicyclic) bond motifs is 2. The summed E-state index contributed by atoms with van der Waals surface area (Å²) in [4.78, 5) is 64.9. The number of nitrogens with zero attached hydrogens (tertiary/aromatic N) is 5. The highest BCUT2D eigenvalue weighted by atomic mass is 16.3. The monoisotopic (exact) mass is 807 g/mol. The average Bonchev–Trinajstić information content (AvgIpc) is 3.58. The van der Waals surface area contributed by atoms with Crippen molar-refractivity contribution in [1.82, 2.24) is 35.3 Å². The van der Waals surface area contributed by atoms with Gasteiger partial charge in [0.1, 0.15) is 23.9 Å². The van der Waals surface area contributed by atoms with Crippen LogP contribution >= 0.6 is 0 Å². The van der Waals surface area contributed by atoms with E-state index in [1.807, 2.05) is 18.2 Å². The van der Waals surface area contributed by atoms with Crippen LogP contribution < -0.4 is 21.3 Å². The van der Waals surface area contributed by atoms with Gasteiger partial charge in [0.05, 0.1) is 6.10 Å². The summed E-state index contributed by atoms with van der Waals surface area (Å²) in [6.07, 6.45) is 14.1. The molecule has 0 aliphatic carbocycles. The van der Waals surface area contributed by atoms with Crippen LogP contribution in [0.1, 0.15) is 115 Å². The first-order valence-electron chi connectivity index (χ1n) is 21.9. The number of aromatic nitrogens is 2. The molecule has 0 spiro atoms. The van der Waals surface area contributed by atoms with E-state index in [1.54, 1.807) is 11.0 Å². The fourth-order valence-electron chi connectivity index (χ4n) is 8.94. The molecule has 1 unspecified atom stereocenters. The van der Waals surface area contributed by atoms with Crippen molar-refractivity contribution < 1.29 is 24.3 Å². The second-order valence-corrected chi connectivity index (χ2v) is 16.7. The van der Waals surface area contributed by atoms with E-state index in [4.69, 9.17) is 0 Å². The van der Waals surface area contributed by atoms with Gasteiger partial charge in [-0.25, -0.2) is 9.97 Å². The summed E-state index contributed by atoms with van der Waals surface area (Å²) >= 11 is 0. The highest BCUT2D eigenvalue weighted by Gasteiger charge is 2.39. The second kappa shape index (κ2) is 20.9. The van der Waals surface area contributed by atoms with E-state index in [9.17, 15) is 24.3 Å². The molecule has 316 valence electrons. The van der Waals surface area contributed by atoms with Crippen molar-refractivity contribution in [3.05, 3.63) is 82.8 Å². The van der Waals surface area contributed by atoms with Crippen LogP contribution in [0.4, 0.5) is 11.5 Å². The Morgan fingerprint density at radius 1 is 0.831 bits per heavy atom. The molecular formula is C45H61N9O5. The summed E-state index contributed by atoms with van der Waals surface area (Å²) < 4.78 is 0. The van der Waals surface area contributed by atoms with Crippen LogP contribution in [0.25, 0.3) is 0 Å². The maximum atomic E-state index is 13.1. The minimum atomic E-state index is -0.663. The molecule has 4 aliphatic rings. The van der Waals surface area contributed by atoms with Crippen molar-refractivity contribution in [3.63, 3.8) is 0 Å². The molecule has 0 radical (unpaired) electrons. The molecule has 5 N–H and O–H groups in total. The van der Waals surface area contributed by atoms with Gasteiger partial charge in [-0.3, -0.25) is 29.4 Å². The molecular weight excluding hydrogens is 747 g/mol. The smallest absolute Gasteiger partial charge is 0.270 e. The summed E-state index contributed by atoms with van der Waals surface area (Å²) in [6.45, 7) is 6.84. The molecule has 0 saturated carbocycles. The van der Waals surface area contributed by atoms with Gasteiger partial charge in [-0.2, -0.15) is 0 Å². The van der Waals surface area contributed by atoms with Gasteiger partial charge in [-0.1, -0.05) is 68.9 Å². The summed E-state index contributed by atoms with van der Waals surface area (Å²) in [7, 11) is 0. The SMILES string of the molecule is O=C1CCC(N2Cc3c(NCCCCCCCCCCN4CCC(Nc5cc(C(=O)NC[C@H](O)CN6CCc7ccccc7C6)ncn5)CC4)cccc3C2=O)C(=O)N1. The number of imide groups is 1. The molecule has 1 aromatic heterocycles. The zero-order chi connectivity index (χ0) is 41.0. The molecule has 2 aromatic carbocycles. The summed E-state index contributed by atoms with van der Waals surface area (Å²) in [5.41, 5.74) is 5.51. The number of piperidine rings is 2. The van der Waals surface area contributed by atoms with Crippen molar-refractivity contribution in [2.45, 2.75) is 115 Å². The predicted molar refractivity (Wildman–Crippen MR) is 227 cm³/mol. The van der Waals surface area contributed by atoms with Gasteiger partial charge in [0.25, 0.3) is 11.8 Å². The number of β-amino-alcohol motifs (C(OH)–C–C–N with tert-alkyl or cyclic N) is 1. The standard InChI is InChI=1S/C45H61N9O5/c55-35(29-53-23-18-32-12-7-8-13-33(32)28-53)27-47-43(57)39-26-41(49-31-48-39)50-34-19-24-52(25-20-34)22-10-6-4-2-1-3-5-9-21-46-38-15-11-14-36-37(38)30-54(45(36)59)40-16-17-42(56)51-44(40)58/h7-8,11-15,26,31,34-35,40,46,55H,1-6,9-10,16-25,27-30H2,(H,47,57)(H,48,49,50)(H,51,56,58)/t35-,40?/m0/s1. The Balaban J connectivity index is 0.698. The van der Waals surface area contributed by atoms with E-state index in [-0.39, 0.29) is 36.6 Å². The number of hydrogen-bond donors (Lipinski definition) is 5. The molecule has 14 heteroatoms. The number of likely N-dealkylation sites (tertiary alicyclic amines) is 1. The zero-order valence-corrected chi connectivity index (χ0v) is 34.3. The van der Waals surface area contributed by atoms with Crippen LogP contribution in [0.15, 0.2) is 54.9 Å². The van der Waals surface area contributed by atoms with Gasteiger partial charge >= 0.3 is 0 Å². The Hall–Kier alpha value is -4.92. The summed E-state index contributed by atoms with van der Waals surface area (Å²) in [6, 6.07) is 15.6. The molecule has 7 rings (SSSR count). The van der Waals surface area contributed by atoms with Crippen molar-refractivity contribution in [2.24, 2.45) is 0 Å². The Morgan fingerprint density at radius 2 is 1.59 bits per heavy atom. The number of aliphatic hydroxyl groups is 1. The number of amides is 4.